The molecule has 0 aromatic rings. The fraction of sp³-hybridized carbons (Fsp3) is 0.947. The van der Waals surface area contributed by atoms with Gasteiger partial charge in [0, 0.05) is 31.7 Å². The second-order valence-electron chi connectivity index (χ2n) is 8.23. The number of nitrogens with one attached hydrogen (secondary N) is 2. The summed E-state index contributed by atoms with van der Waals surface area (Å²) >= 11 is 0. The number of guanidine groups is 1. The largest absolute Gasteiger partial charge is 0.379 e. The summed E-state index contributed by atoms with van der Waals surface area (Å²) in [6.07, 6.45) is 7.04. The van der Waals surface area contributed by atoms with Crippen molar-refractivity contribution in [1.29, 1.82) is 0 Å². The summed E-state index contributed by atoms with van der Waals surface area (Å²) in [5.41, 5.74) is 0.154. The van der Waals surface area contributed by atoms with Crippen LogP contribution in [0.1, 0.15) is 45.4 Å². The Kier molecular flexibility index (Phi) is 9.75. The lowest BCUT2D eigenvalue weighted by Crippen LogP contribution is -2.56. The molecule has 0 amide bonds. The van der Waals surface area contributed by atoms with Gasteiger partial charge in [-0.3, -0.25) is 9.89 Å². The fourth-order valence-corrected chi connectivity index (χ4v) is 6.53. The Bertz CT molecular complexity index is 602. The first kappa shape index (κ1) is 24.1. The van der Waals surface area contributed by atoms with E-state index >= 15 is 0 Å². The third-order valence-electron chi connectivity index (χ3n) is 6.23. The number of hydrogen-bond acceptors (Lipinski definition) is 5. The van der Waals surface area contributed by atoms with Gasteiger partial charge in [-0.05, 0) is 32.1 Å². The monoisotopic (exact) mass is 528 g/mol. The first-order valence-corrected chi connectivity index (χ1v) is 12.4. The van der Waals surface area contributed by atoms with Crippen molar-refractivity contribution >= 4 is 39.8 Å². The Labute approximate surface area is 187 Å². The van der Waals surface area contributed by atoms with Crippen molar-refractivity contribution in [3.05, 3.63) is 0 Å². The van der Waals surface area contributed by atoms with Crippen LogP contribution in [-0.4, -0.2) is 82.3 Å². The Morgan fingerprint density at radius 1 is 1.18 bits per heavy atom. The average molecular weight is 529 g/mol. The van der Waals surface area contributed by atoms with Crippen molar-refractivity contribution in [1.82, 2.24) is 15.5 Å². The van der Waals surface area contributed by atoms with Gasteiger partial charge in [0.25, 0.3) is 0 Å². The van der Waals surface area contributed by atoms with Gasteiger partial charge in [-0.15, -0.1) is 24.0 Å². The van der Waals surface area contributed by atoms with Gasteiger partial charge < -0.3 is 15.4 Å². The molecular weight excluding hydrogens is 491 g/mol. The van der Waals surface area contributed by atoms with Crippen LogP contribution in [0.2, 0.25) is 0 Å². The third kappa shape index (κ3) is 6.70. The van der Waals surface area contributed by atoms with Crippen molar-refractivity contribution in [3.63, 3.8) is 0 Å². The summed E-state index contributed by atoms with van der Waals surface area (Å²) < 4.78 is 28.9. The van der Waals surface area contributed by atoms with Crippen LogP contribution >= 0.6 is 24.0 Å². The Morgan fingerprint density at radius 2 is 1.89 bits per heavy atom. The van der Waals surface area contributed by atoms with Gasteiger partial charge in [0.05, 0.1) is 31.3 Å². The molecule has 0 bridgehead atoms. The molecule has 3 fully saturated rings. The van der Waals surface area contributed by atoms with Crippen molar-refractivity contribution in [3.8, 4) is 0 Å². The number of sulfone groups is 1. The Morgan fingerprint density at radius 3 is 2.50 bits per heavy atom. The zero-order valence-electron chi connectivity index (χ0n) is 17.1. The van der Waals surface area contributed by atoms with Crippen LogP contribution < -0.4 is 10.6 Å². The lowest BCUT2D eigenvalue weighted by molar-refractivity contribution is -0.0333. The van der Waals surface area contributed by atoms with E-state index in [0.29, 0.717) is 18.1 Å². The molecule has 0 spiro atoms. The molecule has 3 rings (SSSR count). The van der Waals surface area contributed by atoms with Gasteiger partial charge in [-0.1, -0.05) is 19.3 Å². The smallest absolute Gasteiger partial charge is 0.191 e. The van der Waals surface area contributed by atoms with Gasteiger partial charge in [-0.25, -0.2) is 8.42 Å². The molecule has 164 valence electrons. The fourth-order valence-electron chi connectivity index (χ4n) is 4.66. The minimum absolute atomic E-state index is 0. The quantitative estimate of drug-likeness (QED) is 0.310. The van der Waals surface area contributed by atoms with Crippen LogP contribution in [-0.2, 0) is 14.6 Å². The molecule has 2 heterocycles. The van der Waals surface area contributed by atoms with Crippen LogP contribution in [0.5, 0.6) is 0 Å². The van der Waals surface area contributed by atoms with Crippen molar-refractivity contribution < 1.29 is 13.2 Å². The van der Waals surface area contributed by atoms with E-state index in [4.69, 9.17) is 9.73 Å². The van der Waals surface area contributed by atoms with Gasteiger partial charge in [0.2, 0.25) is 0 Å². The number of nitrogens with zero attached hydrogens (tertiary/aromatic N) is 2. The number of morpholine rings is 1. The van der Waals surface area contributed by atoms with Crippen LogP contribution in [0.15, 0.2) is 4.99 Å². The molecule has 7 nitrogen and oxygen atoms in total. The van der Waals surface area contributed by atoms with E-state index in [1.54, 1.807) is 0 Å². The first-order chi connectivity index (χ1) is 13.0. The number of aliphatic imine (C=N–C) groups is 1. The molecule has 1 saturated carbocycles. The topological polar surface area (TPSA) is 83.0 Å². The van der Waals surface area contributed by atoms with Gasteiger partial charge in [0.1, 0.15) is 0 Å². The molecular formula is C19H37IN4O3S. The average Bonchev–Trinajstić information content (AvgIpc) is 3.04. The van der Waals surface area contributed by atoms with E-state index < -0.39 is 9.84 Å². The number of rotatable bonds is 6. The summed E-state index contributed by atoms with van der Waals surface area (Å²) in [5.74, 6) is 1.64. The van der Waals surface area contributed by atoms with E-state index in [1.807, 2.05) is 0 Å². The van der Waals surface area contributed by atoms with Gasteiger partial charge >= 0.3 is 0 Å². The van der Waals surface area contributed by atoms with E-state index in [9.17, 15) is 8.42 Å². The maximum atomic E-state index is 11.7. The summed E-state index contributed by atoms with van der Waals surface area (Å²) in [4.78, 5) is 7.55. The van der Waals surface area contributed by atoms with Crippen molar-refractivity contribution in [2.24, 2.45) is 10.9 Å². The molecule has 2 saturated heterocycles. The molecule has 1 unspecified atom stereocenters. The molecule has 1 atom stereocenters. The molecule has 2 N–H and O–H groups in total. The van der Waals surface area contributed by atoms with Crippen LogP contribution in [0.3, 0.4) is 0 Å². The molecule has 0 aromatic carbocycles. The second kappa shape index (κ2) is 11.3. The van der Waals surface area contributed by atoms with Gasteiger partial charge in [0.15, 0.2) is 15.8 Å². The SMILES string of the molecule is CCNC(=NCC1(N2CCOCC2)CCCCC1)NCC1CCS(=O)(=O)C1.I. The zero-order chi connectivity index (χ0) is 19.2. The number of ether oxygens (including phenoxy) is 1. The molecule has 9 heteroatoms. The van der Waals surface area contributed by atoms with Gasteiger partial charge in [-0.2, -0.15) is 0 Å². The highest BCUT2D eigenvalue weighted by Crippen LogP contribution is 2.34. The summed E-state index contributed by atoms with van der Waals surface area (Å²) in [6, 6.07) is 0. The number of halogens is 1. The molecule has 0 radical (unpaired) electrons. The van der Waals surface area contributed by atoms with E-state index in [2.05, 4.69) is 22.5 Å². The predicted molar refractivity (Wildman–Crippen MR) is 124 cm³/mol. The molecule has 1 aliphatic carbocycles. The lowest BCUT2D eigenvalue weighted by atomic mass is 9.80. The van der Waals surface area contributed by atoms with Crippen molar-refractivity contribution in [2.45, 2.75) is 51.0 Å². The minimum atomic E-state index is -2.83. The Hall–Kier alpha value is -0.130. The third-order valence-corrected chi connectivity index (χ3v) is 8.06. The van der Waals surface area contributed by atoms with E-state index in [0.717, 1.165) is 51.8 Å². The second-order valence-corrected chi connectivity index (χ2v) is 10.5. The molecule has 28 heavy (non-hydrogen) atoms. The Balaban J connectivity index is 0.00000280. The van der Waals surface area contributed by atoms with Crippen LogP contribution in [0.25, 0.3) is 0 Å². The van der Waals surface area contributed by atoms with Crippen molar-refractivity contribution in [2.75, 3.05) is 57.4 Å². The van der Waals surface area contributed by atoms with E-state index in [-0.39, 0.29) is 35.4 Å². The standard InChI is InChI=1S/C19H36N4O3S.HI/c1-2-20-18(21-14-17-6-13-27(24,25)15-17)22-16-19(7-4-3-5-8-19)23-9-11-26-12-10-23;/h17H,2-16H2,1H3,(H2,20,21,22);1H. The highest BCUT2D eigenvalue weighted by molar-refractivity contribution is 14.0. The summed E-state index contributed by atoms with van der Waals surface area (Å²) in [6.45, 7) is 7.98. The summed E-state index contributed by atoms with van der Waals surface area (Å²) in [7, 11) is -2.83. The normalized spacial score (nSPS) is 27.8. The maximum absolute atomic E-state index is 11.7. The minimum Gasteiger partial charge on any atom is -0.379 e. The predicted octanol–water partition coefficient (Wildman–Crippen LogP) is 1.63. The van der Waals surface area contributed by atoms with Crippen LogP contribution in [0.4, 0.5) is 0 Å². The molecule has 2 aliphatic heterocycles. The zero-order valence-corrected chi connectivity index (χ0v) is 20.3. The summed E-state index contributed by atoms with van der Waals surface area (Å²) in [5, 5.41) is 6.72. The first-order valence-electron chi connectivity index (χ1n) is 10.6. The lowest BCUT2D eigenvalue weighted by Gasteiger charge is -2.47. The van der Waals surface area contributed by atoms with Crippen LogP contribution in [0, 0.1) is 5.92 Å². The van der Waals surface area contributed by atoms with E-state index in [1.165, 1.54) is 32.1 Å². The number of hydrogen-bond donors (Lipinski definition) is 2. The molecule has 3 aliphatic rings. The maximum Gasteiger partial charge on any atom is 0.191 e. The molecule has 0 aromatic heterocycles. The highest BCUT2D eigenvalue weighted by Gasteiger charge is 2.38. The highest BCUT2D eigenvalue weighted by atomic mass is 127.